The van der Waals surface area contributed by atoms with Gasteiger partial charge in [0.2, 0.25) is 11.8 Å². The molecule has 1 N–H and O–H groups in total. The molecule has 1 aliphatic rings. The molecule has 0 saturated heterocycles. The van der Waals surface area contributed by atoms with Crippen molar-refractivity contribution in [3.8, 4) is 11.5 Å². The second-order valence-corrected chi connectivity index (χ2v) is 12.3. The number of anilines is 1. The number of amides is 2. The Morgan fingerprint density at radius 1 is 0.905 bits per heavy atom. The molecule has 3 aromatic carbocycles. The van der Waals surface area contributed by atoms with E-state index in [-0.39, 0.29) is 29.1 Å². The predicted octanol–water partition coefficient (Wildman–Crippen LogP) is 4.68. The van der Waals surface area contributed by atoms with Gasteiger partial charge in [0.1, 0.15) is 25.8 Å². The van der Waals surface area contributed by atoms with E-state index in [0.717, 1.165) is 21.9 Å². The van der Waals surface area contributed by atoms with E-state index in [2.05, 4.69) is 5.32 Å². The number of ether oxygens (including phenoxy) is 2. The summed E-state index contributed by atoms with van der Waals surface area (Å²) >= 11 is 0. The standard InChI is InChI=1S/C32H39N3O6S/c1-5-24(4)33-32(37)28(6-2)34(21-25-14-12-23(3)13-15-25)31(36)22-35(42(38,39)27-10-8-7-9-11-27)26-16-17-29-30(20-26)41-19-18-40-29/h7-17,20,24,28H,5-6,18-19,21-22H2,1-4H3,(H,33,37)/t24-,28-/m1/s1. The molecule has 0 aromatic heterocycles. The Labute approximate surface area is 248 Å². The average molecular weight is 594 g/mol. The first-order valence-corrected chi connectivity index (χ1v) is 15.7. The van der Waals surface area contributed by atoms with E-state index < -0.39 is 28.5 Å². The Morgan fingerprint density at radius 2 is 1.57 bits per heavy atom. The third-order valence-electron chi connectivity index (χ3n) is 7.28. The van der Waals surface area contributed by atoms with Crippen molar-refractivity contribution in [2.75, 3.05) is 24.1 Å². The Morgan fingerprint density at radius 3 is 2.21 bits per heavy atom. The zero-order chi connectivity index (χ0) is 30.3. The normalized spacial score (nSPS) is 14.0. The van der Waals surface area contributed by atoms with E-state index in [1.807, 2.05) is 52.0 Å². The summed E-state index contributed by atoms with van der Waals surface area (Å²) in [6, 6.07) is 19.6. The molecule has 0 saturated carbocycles. The number of aryl methyl sites for hydroxylation is 1. The smallest absolute Gasteiger partial charge is 0.264 e. The van der Waals surface area contributed by atoms with Crippen LogP contribution in [0, 0.1) is 6.92 Å². The number of sulfonamides is 1. The minimum atomic E-state index is -4.17. The first-order chi connectivity index (χ1) is 20.1. The molecule has 4 rings (SSSR count). The van der Waals surface area contributed by atoms with Gasteiger partial charge >= 0.3 is 0 Å². The molecule has 2 amide bonds. The lowest BCUT2D eigenvalue weighted by Gasteiger charge is -2.34. The highest BCUT2D eigenvalue weighted by Crippen LogP contribution is 2.36. The fraction of sp³-hybridized carbons (Fsp3) is 0.375. The van der Waals surface area contributed by atoms with Gasteiger partial charge < -0.3 is 19.7 Å². The fourth-order valence-electron chi connectivity index (χ4n) is 4.69. The van der Waals surface area contributed by atoms with Gasteiger partial charge in [0, 0.05) is 18.7 Å². The van der Waals surface area contributed by atoms with Crippen LogP contribution in [0.1, 0.15) is 44.7 Å². The topological polar surface area (TPSA) is 105 Å². The van der Waals surface area contributed by atoms with Crippen molar-refractivity contribution in [3.05, 3.63) is 83.9 Å². The molecule has 0 bridgehead atoms. The molecule has 0 fully saturated rings. The molecule has 1 aliphatic heterocycles. The predicted molar refractivity (Wildman–Crippen MR) is 162 cm³/mol. The number of rotatable bonds is 12. The lowest BCUT2D eigenvalue weighted by Crippen LogP contribution is -2.53. The van der Waals surface area contributed by atoms with E-state index >= 15 is 0 Å². The van der Waals surface area contributed by atoms with Gasteiger partial charge in [0.05, 0.1) is 10.6 Å². The van der Waals surface area contributed by atoms with Gasteiger partial charge in [-0.05, 0) is 56.5 Å². The number of hydrogen-bond donors (Lipinski definition) is 1. The molecular formula is C32H39N3O6S. The van der Waals surface area contributed by atoms with E-state index in [0.29, 0.717) is 31.1 Å². The third kappa shape index (κ3) is 7.23. The van der Waals surface area contributed by atoms with Gasteiger partial charge in [-0.3, -0.25) is 13.9 Å². The van der Waals surface area contributed by atoms with Crippen molar-refractivity contribution in [3.63, 3.8) is 0 Å². The number of benzene rings is 3. The molecule has 10 heteroatoms. The van der Waals surface area contributed by atoms with Crippen LogP contribution in [0.2, 0.25) is 0 Å². The summed E-state index contributed by atoms with van der Waals surface area (Å²) in [7, 11) is -4.17. The van der Waals surface area contributed by atoms with Crippen molar-refractivity contribution < 1.29 is 27.5 Å². The van der Waals surface area contributed by atoms with E-state index in [1.165, 1.54) is 17.0 Å². The maximum Gasteiger partial charge on any atom is 0.264 e. The second kappa shape index (κ2) is 13.7. The lowest BCUT2D eigenvalue weighted by molar-refractivity contribution is -0.140. The summed E-state index contributed by atoms with van der Waals surface area (Å²) in [6.07, 6.45) is 1.09. The molecule has 0 unspecified atom stereocenters. The van der Waals surface area contributed by atoms with Crippen LogP contribution in [-0.2, 0) is 26.2 Å². The highest BCUT2D eigenvalue weighted by molar-refractivity contribution is 7.92. The average Bonchev–Trinajstić information content (AvgIpc) is 3.00. The number of carbonyl (C=O) groups is 2. The lowest BCUT2D eigenvalue weighted by atomic mass is 10.1. The Balaban J connectivity index is 1.75. The van der Waals surface area contributed by atoms with Gasteiger partial charge in [-0.1, -0.05) is 61.9 Å². The Bertz CT molecular complexity index is 1480. The van der Waals surface area contributed by atoms with Crippen molar-refractivity contribution >= 4 is 27.5 Å². The van der Waals surface area contributed by atoms with Gasteiger partial charge in [-0.25, -0.2) is 8.42 Å². The zero-order valence-electron chi connectivity index (χ0n) is 24.6. The van der Waals surface area contributed by atoms with Crippen LogP contribution < -0.4 is 19.1 Å². The first-order valence-electron chi connectivity index (χ1n) is 14.3. The van der Waals surface area contributed by atoms with Crippen LogP contribution in [-0.4, -0.2) is 57.0 Å². The van der Waals surface area contributed by atoms with Gasteiger partial charge in [-0.15, -0.1) is 0 Å². The highest BCUT2D eigenvalue weighted by atomic mass is 32.2. The maximum atomic E-state index is 14.2. The molecule has 1 heterocycles. The van der Waals surface area contributed by atoms with Gasteiger partial charge in [-0.2, -0.15) is 0 Å². The van der Waals surface area contributed by atoms with Crippen molar-refractivity contribution in [2.24, 2.45) is 0 Å². The SMILES string of the molecule is CC[C@@H](C)NC(=O)[C@@H](CC)N(Cc1ccc(C)cc1)C(=O)CN(c1ccc2c(c1)OCCO2)S(=O)(=O)c1ccccc1. The van der Waals surface area contributed by atoms with Crippen LogP contribution in [0.3, 0.4) is 0 Å². The molecule has 0 radical (unpaired) electrons. The number of carbonyl (C=O) groups excluding carboxylic acids is 2. The van der Waals surface area contributed by atoms with Crippen LogP contribution >= 0.6 is 0 Å². The molecule has 3 aromatic rings. The summed E-state index contributed by atoms with van der Waals surface area (Å²) in [6.45, 7) is 8.04. The zero-order valence-corrected chi connectivity index (χ0v) is 25.4. The summed E-state index contributed by atoms with van der Waals surface area (Å²) < 4.78 is 40.4. The number of hydrogen-bond acceptors (Lipinski definition) is 6. The number of nitrogens with one attached hydrogen (secondary N) is 1. The molecule has 42 heavy (non-hydrogen) atoms. The van der Waals surface area contributed by atoms with Gasteiger partial charge in [0.15, 0.2) is 11.5 Å². The third-order valence-corrected chi connectivity index (χ3v) is 9.07. The first kappa shape index (κ1) is 30.9. The van der Waals surface area contributed by atoms with Crippen LogP contribution in [0.5, 0.6) is 11.5 Å². The van der Waals surface area contributed by atoms with E-state index in [1.54, 1.807) is 36.4 Å². The van der Waals surface area contributed by atoms with Crippen molar-refractivity contribution in [1.29, 1.82) is 0 Å². The molecule has 0 aliphatic carbocycles. The Hall–Kier alpha value is -4.05. The highest BCUT2D eigenvalue weighted by Gasteiger charge is 2.34. The molecule has 0 spiro atoms. The van der Waals surface area contributed by atoms with Crippen molar-refractivity contribution in [2.45, 2.75) is 64.1 Å². The number of fused-ring (bicyclic) bond motifs is 1. The van der Waals surface area contributed by atoms with Crippen LogP contribution in [0.15, 0.2) is 77.7 Å². The number of nitrogens with zero attached hydrogens (tertiary/aromatic N) is 2. The molecule has 9 nitrogen and oxygen atoms in total. The quantitative estimate of drug-likeness (QED) is 0.327. The Kier molecular flexibility index (Phi) is 10.1. The fourth-order valence-corrected chi connectivity index (χ4v) is 6.11. The summed E-state index contributed by atoms with van der Waals surface area (Å²) in [5.74, 6) is 0.123. The summed E-state index contributed by atoms with van der Waals surface area (Å²) in [5.41, 5.74) is 2.15. The van der Waals surface area contributed by atoms with E-state index in [9.17, 15) is 18.0 Å². The molecular weight excluding hydrogens is 554 g/mol. The minimum Gasteiger partial charge on any atom is -0.486 e. The van der Waals surface area contributed by atoms with Gasteiger partial charge in [0.25, 0.3) is 10.0 Å². The summed E-state index contributed by atoms with van der Waals surface area (Å²) in [5, 5.41) is 2.99. The monoisotopic (exact) mass is 593 g/mol. The van der Waals surface area contributed by atoms with Crippen LogP contribution in [0.25, 0.3) is 0 Å². The van der Waals surface area contributed by atoms with Crippen LogP contribution in [0.4, 0.5) is 5.69 Å². The second-order valence-electron chi connectivity index (χ2n) is 10.4. The molecule has 224 valence electrons. The minimum absolute atomic E-state index is 0.0410. The largest absolute Gasteiger partial charge is 0.486 e. The molecule has 2 atom stereocenters. The van der Waals surface area contributed by atoms with Crippen molar-refractivity contribution in [1.82, 2.24) is 10.2 Å². The van der Waals surface area contributed by atoms with E-state index in [4.69, 9.17) is 9.47 Å². The summed E-state index contributed by atoms with van der Waals surface area (Å²) in [4.78, 5) is 29.1. The maximum absolute atomic E-state index is 14.2.